The number of benzene rings is 3. The number of ether oxygens (including phenoxy) is 3. The number of fused-ring (bicyclic) bond motifs is 2. The van der Waals surface area contributed by atoms with Crippen molar-refractivity contribution in [3.05, 3.63) is 82.9 Å². The number of aromatic nitrogens is 4. The van der Waals surface area contributed by atoms with Crippen molar-refractivity contribution in [2.24, 2.45) is 11.8 Å². The maximum atomic E-state index is 16.5. The summed E-state index contributed by atoms with van der Waals surface area (Å²) in [7, 11) is 5.87. The monoisotopic (exact) mass is 1010 g/mol. The molecule has 18 nitrogen and oxygen atoms in total. The van der Waals surface area contributed by atoms with Gasteiger partial charge in [-0.1, -0.05) is 39.8 Å². The summed E-state index contributed by atoms with van der Waals surface area (Å²) in [4.78, 5) is 78.1. The van der Waals surface area contributed by atoms with Crippen LogP contribution in [0.3, 0.4) is 0 Å². The molecule has 0 aliphatic carbocycles. The van der Waals surface area contributed by atoms with Gasteiger partial charge in [-0.2, -0.15) is 0 Å². The second-order valence-corrected chi connectivity index (χ2v) is 20.8. The number of hydrogen-bond donors (Lipinski definition) is 4. The van der Waals surface area contributed by atoms with E-state index in [0.29, 0.717) is 73.7 Å². The van der Waals surface area contributed by atoms with Gasteiger partial charge in [-0.25, -0.2) is 28.3 Å². The molecule has 8 atom stereocenters. The summed E-state index contributed by atoms with van der Waals surface area (Å²) in [5, 5.41) is 12.6. The number of nitrogens with zero attached hydrogens (tertiary/aromatic N) is 7. The Morgan fingerprint density at radius 3 is 1.68 bits per heavy atom. The van der Waals surface area contributed by atoms with Gasteiger partial charge in [0, 0.05) is 66.0 Å². The lowest BCUT2D eigenvalue weighted by molar-refractivity contribution is -0.139. The molecule has 3 aromatic carbocycles. The molecule has 4 amide bonds. The number of likely N-dealkylation sites (N-methyl/N-ethyl adjacent to an activating group) is 1. The number of alkyl carbamates (subject to hydrolysis) is 1. The maximum Gasteiger partial charge on any atom is 0.407 e. The topological polar surface area (TPSA) is 202 Å². The second kappa shape index (κ2) is 21.1. The smallest absolute Gasteiger partial charge is 0.407 e. The number of likely N-dealkylation sites (tertiary alicyclic amines) is 2. The lowest BCUT2D eigenvalue weighted by Gasteiger charge is -2.35. The summed E-state index contributed by atoms with van der Waals surface area (Å²) in [6.07, 6.45) is 2.51. The van der Waals surface area contributed by atoms with Crippen molar-refractivity contribution in [3.63, 3.8) is 0 Å². The maximum absolute atomic E-state index is 16.5. The second-order valence-electron chi connectivity index (χ2n) is 20.8. The zero-order valence-electron chi connectivity index (χ0n) is 42.9. The van der Waals surface area contributed by atoms with E-state index in [1.807, 2.05) is 64.1 Å². The predicted molar refractivity (Wildman–Crippen MR) is 270 cm³/mol. The van der Waals surface area contributed by atoms with E-state index in [1.54, 1.807) is 28.9 Å². The van der Waals surface area contributed by atoms with Crippen molar-refractivity contribution < 1.29 is 47.3 Å². The van der Waals surface area contributed by atoms with Crippen LogP contribution >= 0.6 is 0 Å². The van der Waals surface area contributed by atoms with Crippen LogP contribution in [-0.4, -0.2) is 143 Å². The van der Waals surface area contributed by atoms with Crippen LogP contribution in [0, 0.1) is 23.5 Å². The molecule has 392 valence electrons. The summed E-state index contributed by atoms with van der Waals surface area (Å²) in [5.74, 6) is -1.24. The first kappa shape index (κ1) is 51.4. The molecule has 9 rings (SSSR count). The molecule has 4 N–H and O–H groups in total. The quantitative estimate of drug-likeness (QED) is 0.0829. The average molecular weight is 1010 g/mol. The van der Waals surface area contributed by atoms with Gasteiger partial charge in [0.15, 0.2) is 11.6 Å². The number of rotatable bonds is 14. The van der Waals surface area contributed by atoms with E-state index in [2.05, 4.69) is 20.2 Å². The highest BCUT2D eigenvalue weighted by Gasteiger charge is 2.45. The van der Waals surface area contributed by atoms with Crippen LogP contribution in [0.2, 0.25) is 0 Å². The number of aromatic amines is 2. The summed E-state index contributed by atoms with van der Waals surface area (Å²) < 4.78 is 49.3. The molecule has 6 heterocycles. The molecule has 4 saturated heterocycles. The van der Waals surface area contributed by atoms with Crippen molar-refractivity contribution >= 4 is 57.4 Å². The van der Waals surface area contributed by atoms with E-state index in [0.717, 1.165) is 46.3 Å². The fourth-order valence-corrected chi connectivity index (χ4v) is 11.8. The van der Waals surface area contributed by atoms with Gasteiger partial charge < -0.3 is 54.2 Å². The van der Waals surface area contributed by atoms with Gasteiger partial charge in [0.2, 0.25) is 11.8 Å². The number of carbonyl (C=O) groups is 4. The number of amides is 4. The first-order valence-corrected chi connectivity index (χ1v) is 25.5. The number of imidazole rings is 2. The molecule has 4 aliphatic rings. The Balaban J connectivity index is 1.06. The molecular weight excluding hydrogens is 943 g/mol. The van der Waals surface area contributed by atoms with Gasteiger partial charge in [-0.15, -0.1) is 0 Å². The van der Waals surface area contributed by atoms with E-state index in [-0.39, 0.29) is 60.2 Å². The van der Waals surface area contributed by atoms with E-state index < -0.39 is 48.0 Å². The van der Waals surface area contributed by atoms with E-state index in [1.165, 1.54) is 26.3 Å². The molecular formula is C53H68F2N10O8. The molecule has 73 heavy (non-hydrogen) atoms. The van der Waals surface area contributed by atoms with Crippen LogP contribution in [0.4, 0.5) is 29.7 Å². The molecule has 0 saturated carbocycles. The molecule has 5 aromatic rings. The van der Waals surface area contributed by atoms with Crippen LogP contribution in [0.15, 0.2) is 48.5 Å². The van der Waals surface area contributed by atoms with Gasteiger partial charge >= 0.3 is 12.2 Å². The Kier molecular flexibility index (Phi) is 14.9. The SMILES string of the molecule is COC(=O)N[C@H](C(=O)N1C[C@H](OC)C[C@H]1c1nc2cc([C@H]3CC[C@H](c4ccc5[nH]c([C@@H]6C[C@@H](OC)CN6C(=O)[C@H](C(C)C)N(C)C(=O)O)nc5c4)N3c3cc(F)c(N4CCCCC4)c(F)c3)ccc2[nH]1)C(C)C. The highest BCUT2D eigenvalue weighted by molar-refractivity contribution is 5.88. The van der Waals surface area contributed by atoms with Gasteiger partial charge in [0.05, 0.1) is 65.6 Å². The number of piperidine rings is 1. The lowest BCUT2D eigenvalue weighted by atomic mass is 10.0. The Morgan fingerprint density at radius 1 is 0.726 bits per heavy atom. The molecule has 0 spiro atoms. The Hall–Kier alpha value is -6.54. The van der Waals surface area contributed by atoms with Gasteiger partial charge in [-0.05, 0) is 91.5 Å². The number of H-pyrrole nitrogens is 2. The fourth-order valence-electron chi connectivity index (χ4n) is 11.8. The van der Waals surface area contributed by atoms with Gasteiger partial charge in [0.1, 0.15) is 29.4 Å². The Morgan fingerprint density at radius 2 is 1.23 bits per heavy atom. The van der Waals surface area contributed by atoms with Crippen LogP contribution < -0.4 is 15.1 Å². The van der Waals surface area contributed by atoms with Gasteiger partial charge in [-0.3, -0.25) is 14.5 Å². The van der Waals surface area contributed by atoms with E-state index in [4.69, 9.17) is 24.2 Å². The third-order valence-electron chi connectivity index (χ3n) is 15.6. The molecule has 0 bridgehead atoms. The molecule has 20 heteroatoms. The number of nitrogens with one attached hydrogen (secondary N) is 3. The standard InChI is InChI=1S/C53H68F2N10O8/c1-28(2)45(60-52(68)73-8)50(66)63-26-33(71-6)24-43(63)48-56-37-14-12-30(20-39(37)58-48)41-16-17-42(65(41)32-22-35(54)47(36(55)23-32)62-18-10-9-11-19-62)31-13-15-38-40(21-31)59-49(57-38)44-25-34(72-7)27-64(44)51(67)46(29(3)4)61(5)53(69)70/h12-15,20-23,28-29,33-34,41-46H,9-11,16-19,24-27H2,1-8H3,(H,56,58)(H,57,59)(H,60,68)(H,69,70)/t33-,34-,41-,42-,43+,44+,45+,46+/m1/s1. The fraction of sp³-hybridized carbons (Fsp3) is 0.547. The van der Waals surface area contributed by atoms with Crippen molar-refractivity contribution in [3.8, 4) is 0 Å². The summed E-state index contributed by atoms with van der Waals surface area (Å²) in [6.45, 7) is 9.10. The lowest BCUT2D eigenvalue weighted by Crippen LogP contribution is -2.51. The third-order valence-corrected chi connectivity index (χ3v) is 15.6. The van der Waals surface area contributed by atoms with Crippen LogP contribution in [0.25, 0.3) is 22.1 Å². The summed E-state index contributed by atoms with van der Waals surface area (Å²) in [5.41, 5.74) is 4.95. The normalized spacial score (nSPS) is 23.3. The number of halogens is 2. The van der Waals surface area contributed by atoms with Crippen molar-refractivity contribution in [2.45, 2.75) is 121 Å². The minimum Gasteiger partial charge on any atom is -0.465 e. The predicted octanol–water partition coefficient (Wildman–Crippen LogP) is 8.38. The average Bonchev–Trinajstić information content (AvgIpc) is 4.23. The number of anilines is 2. The molecule has 2 aromatic heterocycles. The van der Waals surface area contributed by atoms with Crippen molar-refractivity contribution in [1.82, 2.24) is 40.0 Å². The Labute approximate surface area is 423 Å². The van der Waals surface area contributed by atoms with E-state index in [9.17, 15) is 24.3 Å². The number of carboxylic acid groups (broad SMARTS) is 1. The zero-order chi connectivity index (χ0) is 52.0. The first-order chi connectivity index (χ1) is 35.0. The molecule has 4 aliphatic heterocycles. The zero-order valence-corrected chi connectivity index (χ0v) is 42.9. The summed E-state index contributed by atoms with van der Waals surface area (Å²) in [6, 6.07) is 11.4. The minimum atomic E-state index is -1.19. The third kappa shape index (κ3) is 9.99. The van der Waals surface area contributed by atoms with Crippen molar-refractivity contribution in [1.29, 1.82) is 0 Å². The van der Waals surface area contributed by atoms with Crippen LogP contribution in [-0.2, 0) is 23.8 Å². The first-order valence-electron chi connectivity index (χ1n) is 25.5. The number of carbonyl (C=O) groups excluding carboxylic acids is 3. The highest BCUT2D eigenvalue weighted by atomic mass is 19.1. The number of hydrogen-bond acceptors (Lipinski definition) is 11. The van der Waals surface area contributed by atoms with Gasteiger partial charge in [0.25, 0.3) is 0 Å². The minimum absolute atomic E-state index is 0.00731. The van der Waals surface area contributed by atoms with Crippen molar-refractivity contribution in [2.75, 3.05) is 64.4 Å². The highest BCUT2D eigenvalue weighted by Crippen LogP contribution is 2.49. The molecule has 0 radical (unpaired) electrons. The molecule has 4 fully saturated rings. The number of methoxy groups -OCH3 is 3. The van der Waals surface area contributed by atoms with E-state index >= 15 is 8.78 Å². The Bertz CT molecular complexity index is 2830. The van der Waals surface area contributed by atoms with Crippen LogP contribution in [0.5, 0.6) is 0 Å². The summed E-state index contributed by atoms with van der Waals surface area (Å²) >= 11 is 0. The molecule has 0 unspecified atom stereocenters. The van der Waals surface area contributed by atoms with Crippen LogP contribution in [0.1, 0.15) is 120 Å². The largest absolute Gasteiger partial charge is 0.465 e.